The molecule has 4 rings (SSSR count). The number of rotatable bonds is 4. The smallest absolute Gasteiger partial charge is 0.139 e. The number of nitrogens with one attached hydrogen (secondary N) is 1. The number of hydrogen-bond acceptors (Lipinski definition) is 4. The van der Waals surface area contributed by atoms with Gasteiger partial charge in [-0.25, -0.2) is 4.98 Å². The Morgan fingerprint density at radius 1 is 1.38 bits per heavy atom. The highest BCUT2D eigenvalue weighted by molar-refractivity contribution is 5.45. The average molecular weight is 327 g/mol. The molecule has 0 aliphatic carbocycles. The van der Waals surface area contributed by atoms with E-state index in [0.29, 0.717) is 0 Å². The third-order valence-corrected chi connectivity index (χ3v) is 4.93. The molecule has 0 bridgehead atoms. The highest BCUT2D eigenvalue weighted by Crippen LogP contribution is 2.38. The van der Waals surface area contributed by atoms with Crippen molar-refractivity contribution in [3.05, 3.63) is 47.5 Å². The molecular weight excluding hydrogens is 302 g/mol. The molecule has 0 spiro atoms. The number of hydrogen-bond donors (Lipinski definition) is 1. The first-order chi connectivity index (χ1) is 11.5. The molecule has 1 aromatic carbocycles. The largest absolute Gasteiger partial charge is 0.487 e. The summed E-state index contributed by atoms with van der Waals surface area (Å²) < 4.78 is 14.1. The Morgan fingerprint density at radius 2 is 2.25 bits per heavy atom. The van der Waals surface area contributed by atoms with Crippen LogP contribution < -0.4 is 10.1 Å². The maximum Gasteiger partial charge on any atom is 0.139 e. The zero-order valence-electron chi connectivity index (χ0n) is 14.6. The normalized spacial score (nSPS) is 24.8. The summed E-state index contributed by atoms with van der Waals surface area (Å²) in [6.07, 6.45) is 5.78. The van der Waals surface area contributed by atoms with Crippen molar-refractivity contribution in [2.45, 2.75) is 51.0 Å². The zero-order chi connectivity index (χ0) is 16.7. The van der Waals surface area contributed by atoms with Gasteiger partial charge in [0.15, 0.2) is 0 Å². The third-order valence-electron chi connectivity index (χ3n) is 4.93. The van der Waals surface area contributed by atoms with Crippen molar-refractivity contribution in [2.24, 2.45) is 7.05 Å². The van der Waals surface area contributed by atoms with E-state index in [1.807, 2.05) is 24.0 Å². The Bertz CT molecular complexity index is 738. The summed E-state index contributed by atoms with van der Waals surface area (Å²) in [5.74, 6) is 2.04. The summed E-state index contributed by atoms with van der Waals surface area (Å²) in [5, 5.41) is 3.66. The van der Waals surface area contributed by atoms with E-state index in [4.69, 9.17) is 9.47 Å². The number of aryl methyl sites for hydroxylation is 1. The van der Waals surface area contributed by atoms with Gasteiger partial charge >= 0.3 is 0 Å². The average Bonchev–Trinajstić information content (AvgIpc) is 3.21. The van der Waals surface area contributed by atoms with Crippen molar-refractivity contribution in [3.8, 4) is 5.75 Å². The van der Waals surface area contributed by atoms with Crippen LogP contribution in [0.15, 0.2) is 30.6 Å². The van der Waals surface area contributed by atoms with Crippen molar-refractivity contribution < 1.29 is 9.47 Å². The highest BCUT2D eigenvalue weighted by Gasteiger charge is 2.34. The molecule has 2 aliphatic rings. The predicted octanol–water partition coefficient (Wildman–Crippen LogP) is 2.75. The summed E-state index contributed by atoms with van der Waals surface area (Å²) in [6, 6.07) is 6.72. The lowest BCUT2D eigenvalue weighted by atomic mass is 10.0. The maximum absolute atomic E-state index is 6.17. The molecule has 1 aromatic heterocycles. The maximum atomic E-state index is 6.17. The van der Waals surface area contributed by atoms with E-state index in [0.717, 1.165) is 37.6 Å². The van der Waals surface area contributed by atoms with Crippen LogP contribution in [-0.4, -0.2) is 27.8 Å². The Kier molecular flexibility index (Phi) is 3.85. The van der Waals surface area contributed by atoms with E-state index in [9.17, 15) is 0 Å². The van der Waals surface area contributed by atoms with Crippen LogP contribution in [-0.2, 0) is 24.8 Å². The molecule has 24 heavy (non-hydrogen) atoms. The van der Waals surface area contributed by atoms with Gasteiger partial charge in [0.2, 0.25) is 0 Å². The minimum absolute atomic E-state index is 0.0131. The molecule has 1 N–H and O–H groups in total. The minimum atomic E-state index is -0.107. The fourth-order valence-corrected chi connectivity index (χ4v) is 3.76. The number of aromatic nitrogens is 2. The summed E-state index contributed by atoms with van der Waals surface area (Å²) >= 11 is 0. The monoisotopic (exact) mass is 327 g/mol. The number of nitrogens with zero attached hydrogens (tertiary/aromatic N) is 2. The van der Waals surface area contributed by atoms with Gasteiger partial charge in [0.05, 0.1) is 0 Å². The summed E-state index contributed by atoms with van der Waals surface area (Å²) in [7, 11) is 2.01. The molecule has 0 amide bonds. The number of ether oxygens (including phenoxy) is 2. The second-order valence-corrected chi connectivity index (χ2v) is 7.41. The van der Waals surface area contributed by atoms with Gasteiger partial charge in [-0.3, -0.25) is 0 Å². The van der Waals surface area contributed by atoms with Crippen LogP contribution in [0.5, 0.6) is 5.75 Å². The van der Waals surface area contributed by atoms with E-state index in [-0.39, 0.29) is 17.7 Å². The van der Waals surface area contributed by atoms with Gasteiger partial charge in [-0.1, -0.05) is 18.2 Å². The van der Waals surface area contributed by atoms with E-state index in [2.05, 4.69) is 42.3 Å². The van der Waals surface area contributed by atoms with Crippen LogP contribution in [0.3, 0.4) is 0 Å². The molecule has 1 fully saturated rings. The van der Waals surface area contributed by atoms with Gasteiger partial charge in [0, 0.05) is 50.6 Å². The highest BCUT2D eigenvalue weighted by atomic mass is 16.5. The molecule has 3 heterocycles. The van der Waals surface area contributed by atoms with Crippen molar-refractivity contribution in [3.63, 3.8) is 0 Å². The fraction of sp³-hybridized carbons (Fsp3) is 0.526. The van der Waals surface area contributed by atoms with E-state index < -0.39 is 0 Å². The lowest BCUT2D eigenvalue weighted by Crippen LogP contribution is -2.32. The molecule has 128 valence electrons. The molecule has 1 saturated heterocycles. The summed E-state index contributed by atoms with van der Waals surface area (Å²) in [6.45, 7) is 5.85. The molecule has 2 aromatic rings. The Balaban J connectivity index is 1.48. The molecule has 5 heteroatoms. The van der Waals surface area contributed by atoms with Gasteiger partial charge in [-0.05, 0) is 25.8 Å². The Labute approximate surface area is 143 Å². The number of benzene rings is 1. The van der Waals surface area contributed by atoms with Crippen LogP contribution in [0.25, 0.3) is 0 Å². The summed E-state index contributed by atoms with van der Waals surface area (Å²) in [4.78, 5) is 4.45. The van der Waals surface area contributed by atoms with Crippen LogP contribution in [0.4, 0.5) is 0 Å². The van der Waals surface area contributed by atoms with Crippen LogP contribution >= 0.6 is 0 Å². The molecule has 0 saturated carbocycles. The van der Waals surface area contributed by atoms with Crippen LogP contribution in [0.2, 0.25) is 0 Å². The van der Waals surface area contributed by atoms with Crippen molar-refractivity contribution >= 4 is 0 Å². The molecule has 2 aliphatic heterocycles. The standard InChI is InChI=1S/C19H25N3O2/c1-19(2)11-13-5-4-6-14(16(13)24-19)12-21-15-7-10-23-17(15)18-20-8-9-22(18)3/h4-6,8-9,15,17,21H,7,10-12H2,1-3H3/t15-,17-/m0/s1. The van der Waals surface area contributed by atoms with Gasteiger partial charge in [-0.15, -0.1) is 0 Å². The first-order valence-electron chi connectivity index (χ1n) is 8.65. The molecular formula is C19H25N3O2. The van der Waals surface area contributed by atoms with Crippen molar-refractivity contribution in [1.29, 1.82) is 0 Å². The predicted molar refractivity (Wildman–Crippen MR) is 92.0 cm³/mol. The molecule has 5 nitrogen and oxygen atoms in total. The molecule has 2 atom stereocenters. The van der Waals surface area contributed by atoms with Gasteiger partial charge < -0.3 is 19.4 Å². The van der Waals surface area contributed by atoms with E-state index in [1.54, 1.807) is 0 Å². The number of para-hydroxylation sites is 1. The second-order valence-electron chi connectivity index (χ2n) is 7.41. The van der Waals surface area contributed by atoms with E-state index >= 15 is 0 Å². The summed E-state index contributed by atoms with van der Waals surface area (Å²) in [5.41, 5.74) is 2.43. The van der Waals surface area contributed by atoms with Crippen molar-refractivity contribution in [1.82, 2.24) is 14.9 Å². The van der Waals surface area contributed by atoms with Crippen LogP contribution in [0.1, 0.15) is 43.3 Å². The molecule has 0 unspecified atom stereocenters. The third kappa shape index (κ3) is 2.82. The van der Waals surface area contributed by atoms with Gasteiger partial charge in [0.1, 0.15) is 23.3 Å². The van der Waals surface area contributed by atoms with Gasteiger partial charge in [-0.2, -0.15) is 0 Å². The quantitative estimate of drug-likeness (QED) is 0.938. The van der Waals surface area contributed by atoms with E-state index in [1.165, 1.54) is 11.1 Å². The second kappa shape index (κ2) is 5.90. The first-order valence-corrected chi connectivity index (χ1v) is 8.65. The SMILES string of the molecule is Cn1ccnc1[C@H]1OCC[C@@H]1NCc1cccc2c1OC(C)(C)C2. The number of imidazole rings is 1. The Hall–Kier alpha value is -1.85. The first kappa shape index (κ1) is 15.7. The van der Waals surface area contributed by atoms with Gasteiger partial charge in [0.25, 0.3) is 0 Å². The minimum Gasteiger partial charge on any atom is -0.487 e. The lowest BCUT2D eigenvalue weighted by molar-refractivity contribution is 0.0891. The number of fused-ring (bicyclic) bond motifs is 1. The fourth-order valence-electron chi connectivity index (χ4n) is 3.76. The van der Waals surface area contributed by atoms with Crippen LogP contribution in [0, 0.1) is 0 Å². The topological polar surface area (TPSA) is 48.3 Å². The zero-order valence-corrected chi connectivity index (χ0v) is 14.6. The molecule has 0 radical (unpaired) electrons. The lowest BCUT2D eigenvalue weighted by Gasteiger charge is -2.21. The Morgan fingerprint density at radius 3 is 3.04 bits per heavy atom. The van der Waals surface area contributed by atoms with Crippen molar-refractivity contribution in [2.75, 3.05) is 6.61 Å².